The number of aryl methyl sites for hydroxylation is 1. The Kier molecular flexibility index (Phi) is 3.88. The molecule has 0 saturated heterocycles. The summed E-state index contributed by atoms with van der Waals surface area (Å²) in [6.07, 6.45) is 2.48. The lowest BCUT2D eigenvalue weighted by Gasteiger charge is -2.33. The summed E-state index contributed by atoms with van der Waals surface area (Å²) in [5.74, 6) is 1.45. The van der Waals surface area contributed by atoms with Crippen molar-refractivity contribution < 1.29 is 0 Å². The highest BCUT2D eigenvalue weighted by Crippen LogP contribution is 2.35. The maximum Gasteiger partial charge on any atom is 0.0325 e. The normalized spacial score (nSPS) is 23.8. The maximum atomic E-state index is 3.73. The van der Waals surface area contributed by atoms with Gasteiger partial charge in [-0.2, -0.15) is 0 Å². The van der Waals surface area contributed by atoms with Gasteiger partial charge in [0.2, 0.25) is 0 Å². The van der Waals surface area contributed by atoms with Gasteiger partial charge in [-0.1, -0.05) is 44.5 Å². The molecule has 2 unspecified atom stereocenters. The second kappa shape index (κ2) is 5.22. The van der Waals surface area contributed by atoms with E-state index >= 15 is 0 Å². The van der Waals surface area contributed by atoms with Crippen molar-refractivity contribution in [2.24, 2.45) is 5.92 Å². The average Bonchev–Trinajstić information content (AvgIpc) is 2.29. The zero-order valence-corrected chi connectivity index (χ0v) is 11.6. The molecular weight excluding hydrogens is 206 g/mol. The zero-order chi connectivity index (χ0) is 12.4. The van der Waals surface area contributed by atoms with Gasteiger partial charge >= 0.3 is 0 Å². The first-order chi connectivity index (χ1) is 8.11. The van der Waals surface area contributed by atoms with E-state index in [4.69, 9.17) is 0 Å². The molecule has 0 bridgehead atoms. The number of nitrogens with one attached hydrogen (secondary N) is 1. The molecule has 0 fully saturated rings. The molecule has 1 aromatic rings. The Morgan fingerprint density at radius 2 is 2.06 bits per heavy atom. The molecule has 0 aliphatic carbocycles. The van der Waals surface area contributed by atoms with Gasteiger partial charge in [0.1, 0.15) is 0 Å². The molecule has 0 radical (unpaired) electrons. The SMILES string of the molecule is CCC1CNC(CC(C)C)c2cc(C)ccc21. The van der Waals surface area contributed by atoms with Crippen molar-refractivity contribution in [1.29, 1.82) is 0 Å². The van der Waals surface area contributed by atoms with E-state index < -0.39 is 0 Å². The van der Waals surface area contributed by atoms with E-state index in [-0.39, 0.29) is 0 Å². The Bertz CT molecular complexity index is 381. The van der Waals surface area contributed by atoms with E-state index in [9.17, 15) is 0 Å². The molecule has 17 heavy (non-hydrogen) atoms. The summed E-state index contributed by atoms with van der Waals surface area (Å²) < 4.78 is 0. The van der Waals surface area contributed by atoms with Crippen LogP contribution in [0.1, 0.15) is 62.3 Å². The van der Waals surface area contributed by atoms with Crippen LogP contribution in [-0.2, 0) is 0 Å². The molecule has 1 aromatic carbocycles. The molecule has 1 N–H and O–H groups in total. The molecule has 0 saturated carbocycles. The molecule has 0 amide bonds. The fraction of sp³-hybridized carbons (Fsp3) is 0.625. The third-order valence-corrected chi connectivity index (χ3v) is 3.87. The molecule has 1 heteroatoms. The third-order valence-electron chi connectivity index (χ3n) is 3.87. The highest BCUT2D eigenvalue weighted by molar-refractivity contribution is 5.38. The van der Waals surface area contributed by atoms with Crippen LogP contribution in [0, 0.1) is 12.8 Å². The second-order valence-electron chi connectivity index (χ2n) is 5.83. The standard InChI is InChI=1S/C16H25N/c1-5-13-10-17-16(8-11(2)3)15-9-12(4)6-7-14(13)15/h6-7,9,11,13,16-17H,5,8,10H2,1-4H3. The number of benzene rings is 1. The highest BCUT2D eigenvalue weighted by atomic mass is 14.9. The first-order valence-electron chi connectivity index (χ1n) is 6.95. The largest absolute Gasteiger partial charge is 0.309 e. The molecule has 1 aliphatic heterocycles. The minimum atomic E-state index is 0.563. The lowest BCUT2D eigenvalue weighted by atomic mass is 9.82. The van der Waals surface area contributed by atoms with Crippen LogP contribution < -0.4 is 5.32 Å². The van der Waals surface area contributed by atoms with E-state index in [0.29, 0.717) is 12.0 Å². The number of hydrogen-bond acceptors (Lipinski definition) is 1. The van der Waals surface area contributed by atoms with E-state index in [1.165, 1.54) is 18.4 Å². The van der Waals surface area contributed by atoms with Crippen molar-refractivity contribution in [3.8, 4) is 0 Å². The monoisotopic (exact) mass is 231 g/mol. The zero-order valence-electron chi connectivity index (χ0n) is 11.6. The topological polar surface area (TPSA) is 12.0 Å². The van der Waals surface area contributed by atoms with E-state index in [2.05, 4.69) is 51.2 Å². The lowest BCUT2D eigenvalue weighted by molar-refractivity contribution is 0.385. The predicted octanol–water partition coefficient (Wildman–Crippen LogP) is 4.18. The quantitative estimate of drug-likeness (QED) is 0.823. The molecule has 1 aliphatic rings. The van der Waals surface area contributed by atoms with Crippen LogP contribution in [0.5, 0.6) is 0 Å². The van der Waals surface area contributed by atoms with E-state index in [0.717, 1.165) is 12.5 Å². The van der Waals surface area contributed by atoms with Crippen LogP contribution in [0.25, 0.3) is 0 Å². The fourth-order valence-electron chi connectivity index (χ4n) is 2.92. The van der Waals surface area contributed by atoms with Gasteiger partial charge in [-0.3, -0.25) is 0 Å². The van der Waals surface area contributed by atoms with E-state index in [1.54, 1.807) is 11.1 Å². The van der Waals surface area contributed by atoms with Crippen LogP contribution in [0.15, 0.2) is 18.2 Å². The molecule has 1 nitrogen and oxygen atoms in total. The molecule has 0 spiro atoms. The van der Waals surface area contributed by atoms with Crippen LogP contribution in [0.4, 0.5) is 0 Å². The summed E-state index contributed by atoms with van der Waals surface area (Å²) in [5.41, 5.74) is 4.52. The first kappa shape index (κ1) is 12.6. The van der Waals surface area contributed by atoms with Gasteiger partial charge in [-0.15, -0.1) is 0 Å². The molecule has 94 valence electrons. The molecule has 2 atom stereocenters. The minimum Gasteiger partial charge on any atom is -0.309 e. The fourth-order valence-corrected chi connectivity index (χ4v) is 2.92. The smallest absolute Gasteiger partial charge is 0.0325 e. The summed E-state index contributed by atoms with van der Waals surface area (Å²) in [7, 11) is 0. The summed E-state index contributed by atoms with van der Waals surface area (Å²) in [6.45, 7) is 10.2. The highest BCUT2D eigenvalue weighted by Gasteiger charge is 2.25. The Morgan fingerprint density at radius 1 is 1.29 bits per heavy atom. The van der Waals surface area contributed by atoms with Crippen molar-refractivity contribution in [3.05, 3.63) is 34.9 Å². The van der Waals surface area contributed by atoms with Crippen LogP contribution >= 0.6 is 0 Å². The first-order valence-corrected chi connectivity index (χ1v) is 6.95. The van der Waals surface area contributed by atoms with Gasteiger partial charge < -0.3 is 5.32 Å². The third kappa shape index (κ3) is 2.71. The Labute approximate surface area is 106 Å². The predicted molar refractivity (Wildman–Crippen MR) is 74.4 cm³/mol. The molecular formula is C16H25N. The minimum absolute atomic E-state index is 0.563. The Balaban J connectivity index is 2.34. The van der Waals surface area contributed by atoms with Crippen LogP contribution in [0.2, 0.25) is 0 Å². The Morgan fingerprint density at radius 3 is 2.71 bits per heavy atom. The number of fused-ring (bicyclic) bond motifs is 1. The summed E-state index contributed by atoms with van der Waals surface area (Å²) >= 11 is 0. The molecule has 0 aromatic heterocycles. The summed E-state index contributed by atoms with van der Waals surface area (Å²) in [4.78, 5) is 0. The average molecular weight is 231 g/mol. The van der Waals surface area contributed by atoms with Crippen molar-refractivity contribution in [3.63, 3.8) is 0 Å². The second-order valence-corrected chi connectivity index (χ2v) is 5.83. The Hall–Kier alpha value is -0.820. The van der Waals surface area contributed by atoms with Gasteiger partial charge in [-0.05, 0) is 42.7 Å². The van der Waals surface area contributed by atoms with Crippen LogP contribution in [0.3, 0.4) is 0 Å². The number of hydrogen-bond donors (Lipinski definition) is 1. The van der Waals surface area contributed by atoms with Crippen molar-refractivity contribution in [1.82, 2.24) is 5.32 Å². The summed E-state index contributed by atoms with van der Waals surface area (Å²) in [5, 5.41) is 3.73. The van der Waals surface area contributed by atoms with Crippen molar-refractivity contribution in [2.75, 3.05) is 6.54 Å². The summed E-state index contributed by atoms with van der Waals surface area (Å²) in [6, 6.07) is 7.57. The van der Waals surface area contributed by atoms with Gasteiger partial charge in [-0.25, -0.2) is 0 Å². The van der Waals surface area contributed by atoms with Crippen molar-refractivity contribution in [2.45, 2.75) is 52.5 Å². The molecule has 1 heterocycles. The van der Waals surface area contributed by atoms with Gasteiger partial charge in [0, 0.05) is 12.6 Å². The number of rotatable bonds is 3. The van der Waals surface area contributed by atoms with Crippen LogP contribution in [-0.4, -0.2) is 6.54 Å². The lowest BCUT2D eigenvalue weighted by Crippen LogP contribution is -2.33. The maximum absolute atomic E-state index is 3.73. The van der Waals surface area contributed by atoms with Gasteiger partial charge in [0.15, 0.2) is 0 Å². The van der Waals surface area contributed by atoms with Crippen molar-refractivity contribution >= 4 is 0 Å². The van der Waals surface area contributed by atoms with Gasteiger partial charge in [0.05, 0.1) is 0 Å². The molecule has 2 rings (SSSR count). The van der Waals surface area contributed by atoms with E-state index in [1.807, 2.05) is 0 Å². The van der Waals surface area contributed by atoms with Gasteiger partial charge in [0.25, 0.3) is 0 Å².